The number of nitrogens with one attached hydrogen (secondary N) is 1. The normalized spacial score (nSPS) is 33.3. The summed E-state index contributed by atoms with van der Waals surface area (Å²) in [6, 6.07) is 7.33. The molecule has 0 aliphatic heterocycles. The number of hydrogen-bond donors (Lipinski definition) is 2. The van der Waals surface area contributed by atoms with E-state index in [0.717, 1.165) is 18.4 Å². The van der Waals surface area contributed by atoms with E-state index in [1.807, 2.05) is 0 Å². The van der Waals surface area contributed by atoms with Crippen LogP contribution in [-0.2, 0) is 11.8 Å². The molecule has 26 heavy (non-hydrogen) atoms. The Labute approximate surface area is 149 Å². The third-order valence-corrected chi connectivity index (χ3v) is 6.61. The highest BCUT2D eigenvalue weighted by atomic mass is 19.1. The van der Waals surface area contributed by atoms with Crippen LogP contribution in [0.25, 0.3) is 11.3 Å². The molecule has 4 bridgehead atoms. The van der Waals surface area contributed by atoms with E-state index in [1.54, 1.807) is 29.9 Å². The van der Waals surface area contributed by atoms with Crippen LogP contribution >= 0.6 is 0 Å². The second-order valence-electron chi connectivity index (χ2n) is 7.68. The fraction of sp³-hybridized carbons (Fsp3) is 0.421. The maximum Gasteiger partial charge on any atom is 0.312 e. The molecular formula is C19H18FN3O3. The third kappa shape index (κ3) is 1.83. The van der Waals surface area contributed by atoms with Gasteiger partial charge < -0.3 is 10.4 Å². The molecule has 7 heteroatoms. The molecule has 0 radical (unpaired) electrons. The molecule has 4 aliphatic carbocycles. The quantitative estimate of drug-likeness (QED) is 0.879. The first kappa shape index (κ1) is 15.5. The standard InChI is InChI=1S/C19H18FN3O3/c1-23-15(9-2-4-11(20)5-3-9)8-14(22-23)17(24)21-16-10-6-12-13(7-10)19(12,16)18(25)26/h2-5,8,10,12-13,16H,6-7H2,1H3,(H,21,24)(H,25,26). The number of hydrogen-bond acceptors (Lipinski definition) is 3. The summed E-state index contributed by atoms with van der Waals surface area (Å²) in [5.74, 6) is -0.774. The lowest BCUT2D eigenvalue weighted by atomic mass is 9.97. The molecule has 4 aliphatic rings. The number of carbonyl (C=O) groups excluding carboxylic acids is 1. The molecule has 1 amide bonds. The maximum atomic E-state index is 13.1. The van der Waals surface area contributed by atoms with Gasteiger partial charge in [0.1, 0.15) is 5.82 Å². The number of nitrogens with zero attached hydrogens (tertiary/aromatic N) is 2. The van der Waals surface area contributed by atoms with Crippen LogP contribution in [0, 0.1) is 29.0 Å². The summed E-state index contributed by atoms with van der Waals surface area (Å²) < 4.78 is 14.7. The average molecular weight is 355 g/mol. The summed E-state index contributed by atoms with van der Waals surface area (Å²) in [7, 11) is 1.72. The van der Waals surface area contributed by atoms with Gasteiger partial charge in [0.25, 0.3) is 5.91 Å². The minimum absolute atomic E-state index is 0.216. The molecule has 2 N–H and O–H groups in total. The maximum absolute atomic E-state index is 13.1. The Kier molecular flexibility index (Phi) is 2.95. The van der Waals surface area contributed by atoms with Gasteiger partial charge in [0.05, 0.1) is 11.1 Å². The Hall–Kier alpha value is -2.70. The lowest BCUT2D eigenvalue weighted by Gasteiger charge is -2.21. The molecule has 3 atom stereocenters. The van der Waals surface area contributed by atoms with Crippen LogP contribution in [0.2, 0.25) is 0 Å². The van der Waals surface area contributed by atoms with Crippen LogP contribution in [-0.4, -0.2) is 32.8 Å². The van der Waals surface area contributed by atoms with Crippen molar-refractivity contribution in [1.29, 1.82) is 0 Å². The molecule has 4 saturated carbocycles. The van der Waals surface area contributed by atoms with Crippen molar-refractivity contribution in [3.8, 4) is 11.3 Å². The summed E-state index contributed by atoms with van der Waals surface area (Å²) in [6.07, 6.45) is 1.79. The minimum atomic E-state index is -0.786. The molecule has 1 heterocycles. The van der Waals surface area contributed by atoms with Gasteiger partial charge in [-0.05, 0) is 66.5 Å². The number of halogens is 1. The van der Waals surface area contributed by atoms with Crippen molar-refractivity contribution >= 4 is 11.9 Å². The molecular weight excluding hydrogens is 337 g/mol. The van der Waals surface area contributed by atoms with E-state index in [1.165, 1.54) is 12.1 Å². The topological polar surface area (TPSA) is 84.2 Å². The van der Waals surface area contributed by atoms with Gasteiger partial charge in [0.15, 0.2) is 5.69 Å². The minimum Gasteiger partial charge on any atom is -0.481 e. The molecule has 6 nitrogen and oxygen atoms in total. The zero-order valence-electron chi connectivity index (χ0n) is 14.1. The van der Waals surface area contributed by atoms with Crippen molar-refractivity contribution in [2.75, 3.05) is 0 Å². The molecule has 3 unspecified atom stereocenters. The van der Waals surface area contributed by atoms with Crippen molar-refractivity contribution in [1.82, 2.24) is 15.1 Å². The van der Waals surface area contributed by atoms with Crippen molar-refractivity contribution in [3.05, 3.63) is 41.8 Å². The van der Waals surface area contributed by atoms with Crippen LogP contribution in [0.1, 0.15) is 23.3 Å². The van der Waals surface area contributed by atoms with Gasteiger partial charge in [-0.25, -0.2) is 4.39 Å². The van der Waals surface area contributed by atoms with Crippen molar-refractivity contribution < 1.29 is 19.1 Å². The molecule has 6 rings (SSSR count). The summed E-state index contributed by atoms with van der Waals surface area (Å²) in [6.45, 7) is 0. The number of carboxylic acid groups (broad SMARTS) is 1. The Morgan fingerprint density at radius 1 is 1.27 bits per heavy atom. The number of amides is 1. The second-order valence-corrected chi connectivity index (χ2v) is 7.68. The van der Waals surface area contributed by atoms with Crippen LogP contribution in [0.15, 0.2) is 30.3 Å². The Bertz CT molecular complexity index is 924. The van der Waals surface area contributed by atoms with Crippen LogP contribution in [0.5, 0.6) is 0 Å². The molecule has 2 aromatic rings. The SMILES string of the molecule is Cn1nc(C(=O)NC2C3CC4C(C3)C42C(=O)O)cc1-c1ccc(F)cc1. The van der Waals surface area contributed by atoms with Crippen molar-refractivity contribution in [2.45, 2.75) is 18.9 Å². The van der Waals surface area contributed by atoms with Gasteiger partial charge in [-0.2, -0.15) is 5.10 Å². The molecule has 0 spiro atoms. The van der Waals surface area contributed by atoms with E-state index in [-0.39, 0.29) is 41.2 Å². The number of carbonyl (C=O) groups is 2. The van der Waals surface area contributed by atoms with Crippen LogP contribution in [0.3, 0.4) is 0 Å². The number of benzene rings is 1. The molecule has 1 aromatic heterocycles. The zero-order chi connectivity index (χ0) is 18.2. The highest BCUT2D eigenvalue weighted by Crippen LogP contribution is 2.79. The van der Waals surface area contributed by atoms with Gasteiger partial charge >= 0.3 is 5.97 Å². The average Bonchev–Trinajstić information content (AvgIpc) is 3.08. The molecule has 0 saturated heterocycles. The second kappa shape index (κ2) is 4.93. The van der Waals surface area contributed by atoms with Crippen molar-refractivity contribution in [3.63, 3.8) is 0 Å². The predicted octanol–water partition coefficient (Wildman–Crippen LogP) is 2.07. The van der Waals surface area contributed by atoms with E-state index in [9.17, 15) is 19.1 Å². The van der Waals surface area contributed by atoms with Gasteiger partial charge in [-0.15, -0.1) is 0 Å². The fourth-order valence-electron chi connectivity index (χ4n) is 5.53. The third-order valence-electron chi connectivity index (χ3n) is 6.61. The Morgan fingerprint density at radius 3 is 2.54 bits per heavy atom. The highest BCUT2D eigenvalue weighted by molar-refractivity contribution is 5.95. The van der Waals surface area contributed by atoms with E-state index < -0.39 is 11.4 Å². The van der Waals surface area contributed by atoms with E-state index >= 15 is 0 Å². The fourth-order valence-corrected chi connectivity index (χ4v) is 5.53. The monoisotopic (exact) mass is 355 g/mol. The lowest BCUT2D eigenvalue weighted by molar-refractivity contribution is -0.144. The smallest absolute Gasteiger partial charge is 0.312 e. The molecule has 4 fully saturated rings. The summed E-state index contributed by atoms with van der Waals surface area (Å²) in [5.41, 5.74) is 0.944. The van der Waals surface area contributed by atoms with Crippen LogP contribution in [0.4, 0.5) is 4.39 Å². The van der Waals surface area contributed by atoms with Gasteiger partial charge in [-0.3, -0.25) is 14.3 Å². The molecule has 1 aromatic carbocycles. The van der Waals surface area contributed by atoms with Gasteiger partial charge in [-0.1, -0.05) is 0 Å². The zero-order valence-corrected chi connectivity index (χ0v) is 14.1. The van der Waals surface area contributed by atoms with Crippen molar-refractivity contribution in [2.24, 2.45) is 30.2 Å². The predicted molar refractivity (Wildman–Crippen MR) is 89.6 cm³/mol. The first-order valence-corrected chi connectivity index (χ1v) is 8.77. The number of aliphatic carboxylic acids is 1. The Morgan fingerprint density at radius 2 is 1.92 bits per heavy atom. The molecule has 134 valence electrons. The number of carboxylic acids is 1. The van der Waals surface area contributed by atoms with E-state index in [4.69, 9.17) is 0 Å². The first-order chi connectivity index (χ1) is 12.4. The van der Waals surface area contributed by atoms with E-state index in [2.05, 4.69) is 10.4 Å². The first-order valence-electron chi connectivity index (χ1n) is 8.77. The summed E-state index contributed by atoms with van der Waals surface area (Å²) in [5, 5.41) is 16.9. The Balaban J connectivity index is 1.40. The van der Waals surface area contributed by atoms with Gasteiger partial charge in [0, 0.05) is 13.1 Å². The number of aryl methyl sites for hydroxylation is 1. The number of aromatic nitrogens is 2. The van der Waals surface area contributed by atoms with Crippen LogP contribution < -0.4 is 5.32 Å². The highest BCUT2D eigenvalue weighted by Gasteiger charge is 2.83. The summed E-state index contributed by atoms with van der Waals surface area (Å²) in [4.78, 5) is 24.5. The lowest BCUT2D eigenvalue weighted by Crippen LogP contribution is -2.44. The van der Waals surface area contributed by atoms with E-state index in [0.29, 0.717) is 5.69 Å². The van der Waals surface area contributed by atoms with Gasteiger partial charge in [0.2, 0.25) is 0 Å². The number of rotatable bonds is 4. The summed E-state index contributed by atoms with van der Waals surface area (Å²) >= 11 is 0. The largest absolute Gasteiger partial charge is 0.481 e.